The number of hydrogen-bond donors (Lipinski definition) is 5. The molecular formula is C100H104N22O2. The number of hydrogen-bond acceptors (Lipinski definition) is 20. The molecule has 2 saturated carbocycles. The summed E-state index contributed by atoms with van der Waals surface area (Å²) in [5.74, 6) is 8.09. The van der Waals surface area contributed by atoms with Crippen molar-refractivity contribution in [3.05, 3.63) is 309 Å². The maximum absolute atomic E-state index is 5.41. The van der Waals surface area contributed by atoms with Crippen molar-refractivity contribution >= 4 is 107 Å². The summed E-state index contributed by atoms with van der Waals surface area (Å²) in [5, 5.41) is 40.5. The number of amidine groups is 5. The van der Waals surface area contributed by atoms with Crippen molar-refractivity contribution in [3.8, 4) is 0 Å². The Morgan fingerprint density at radius 1 is 0.379 bits per heavy atom. The van der Waals surface area contributed by atoms with E-state index in [2.05, 4.69) is 233 Å². The van der Waals surface area contributed by atoms with Crippen LogP contribution in [0.3, 0.4) is 0 Å². The minimum atomic E-state index is 0. The molecule has 626 valence electrons. The number of aromatic nitrogens is 11. The zero-order valence-electron chi connectivity index (χ0n) is 69.3. The Labute approximate surface area is 721 Å². The van der Waals surface area contributed by atoms with E-state index < -0.39 is 0 Å². The summed E-state index contributed by atoms with van der Waals surface area (Å²) in [4.78, 5) is 40.7. The summed E-state index contributed by atoms with van der Waals surface area (Å²) in [6, 6.07) is 56.5. The molecule has 0 bridgehead atoms. The summed E-state index contributed by atoms with van der Waals surface area (Å²) >= 11 is 0. The average Bonchev–Trinajstić information content (AvgIpc) is 1.64. The number of anilines is 5. The molecule has 0 spiro atoms. The molecule has 9 aromatic heterocycles. The van der Waals surface area contributed by atoms with Gasteiger partial charge in [0, 0.05) is 126 Å². The first-order valence-corrected chi connectivity index (χ1v) is 42.7. The lowest BCUT2D eigenvalue weighted by Crippen LogP contribution is -2.18. The molecule has 24 rings (SSSR count). The number of aliphatic imine (C=N–C) groups is 6. The molecule has 0 radical (unpaired) electrons. The highest BCUT2D eigenvalue weighted by Crippen LogP contribution is 2.36. The van der Waals surface area contributed by atoms with E-state index in [9.17, 15) is 0 Å². The Morgan fingerprint density at radius 3 is 1.40 bits per heavy atom. The molecule has 2 fully saturated rings. The van der Waals surface area contributed by atoms with Gasteiger partial charge in [-0.25, -0.2) is 0 Å². The molecule has 6 aromatic carbocycles. The van der Waals surface area contributed by atoms with E-state index in [4.69, 9.17) is 24.0 Å². The summed E-state index contributed by atoms with van der Waals surface area (Å²) in [6.07, 6.45) is 26.2. The van der Waals surface area contributed by atoms with Crippen molar-refractivity contribution in [2.75, 3.05) is 33.1 Å². The van der Waals surface area contributed by atoms with Crippen LogP contribution in [0.25, 0.3) is 43.6 Å². The fourth-order valence-corrected chi connectivity index (χ4v) is 17.6. The Kier molecular flexibility index (Phi) is 23.2. The first kappa shape index (κ1) is 81.0. The molecule has 0 atom stereocenters. The van der Waals surface area contributed by atoms with Crippen molar-refractivity contribution < 1.29 is 8.83 Å². The molecule has 9 aliphatic rings. The Bertz CT molecular complexity index is 6570. The number of nitrogens with zero attached hydrogens (tertiary/aromatic N) is 17. The van der Waals surface area contributed by atoms with Gasteiger partial charge in [0.2, 0.25) is 0 Å². The van der Waals surface area contributed by atoms with Gasteiger partial charge in [-0.1, -0.05) is 70.2 Å². The van der Waals surface area contributed by atoms with Gasteiger partial charge >= 0.3 is 0 Å². The van der Waals surface area contributed by atoms with Crippen molar-refractivity contribution in [2.24, 2.45) is 41.8 Å². The molecule has 6 aliphatic heterocycles. The maximum atomic E-state index is 5.41. The molecule has 15 aromatic rings. The number of fused-ring (bicyclic) bond motifs is 9. The van der Waals surface area contributed by atoms with Gasteiger partial charge in [-0.3, -0.25) is 63.6 Å². The van der Waals surface area contributed by atoms with Gasteiger partial charge in [0.15, 0.2) is 11.7 Å². The van der Waals surface area contributed by atoms with Crippen LogP contribution in [0.2, 0.25) is 0 Å². The topological polar surface area (TPSA) is 271 Å². The molecule has 124 heavy (non-hydrogen) atoms. The molecule has 0 saturated heterocycles. The number of benzene rings is 6. The third-order valence-electron chi connectivity index (χ3n) is 24.6. The van der Waals surface area contributed by atoms with Crippen LogP contribution in [0.1, 0.15) is 176 Å². The second kappa shape index (κ2) is 35.6. The Morgan fingerprint density at radius 2 is 0.831 bits per heavy atom. The van der Waals surface area contributed by atoms with Crippen molar-refractivity contribution in [2.45, 2.75) is 173 Å². The Hall–Kier alpha value is -14.0. The molecule has 24 heteroatoms. The van der Waals surface area contributed by atoms with Crippen molar-refractivity contribution in [1.82, 2.24) is 54.1 Å². The zero-order valence-corrected chi connectivity index (χ0v) is 69.3. The summed E-state index contributed by atoms with van der Waals surface area (Å²) in [6.45, 7) is 18.0. The summed E-state index contributed by atoms with van der Waals surface area (Å²) in [7, 11) is 0. The van der Waals surface area contributed by atoms with E-state index in [0.29, 0.717) is 32.7 Å². The third kappa shape index (κ3) is 17.2. The van der Waals surface area contributed by atoms with Crippen LogP contribution in [-0.2, 0) is 58.9 Å². The number of aryl methyl sites for hydroxylation is 4. The fourth-order valence-electron chi connectivity index (χ4n) is 17.6. The summed E-state index contributed by atoms with van der Waals surface area (Å²) in [5.41, 5.74) is 29.6. The molecule has 0 amide bonds. The molecule has 5 N–H and O–H groups in total. The monoisotopic (exact) mass is 1640 g/mol. The standard InChI is InChI=1S/C22H20N4O.C21H19N5O.C20H24N4.C19H19N5.C16H14N4.2CH4/c1-14-9-16(13-27-14)12-26-21-8-7-18(10-20(21)15(2)25-26)24-22-19-6-4-3-5-17(19)11-23-22;1-13-8-15(12-27-13)11-26-20-6-5-16(9-18(20)14(2)25-26)24-21-17-4-3-7-22-19(17)10-23-21;1-2-7-18-15(6-1)11-21-20(18)23-17-8-9-19-16(10-17)12-22-24(19)13-14-4-3-5-14;1-3-13(4-1)12-24-17-7-6-16(9-15(17)11-22-24)23-19-18-14(10-21-19)5-2-8-20-18;1-10-14-7-13(5-4-11(14)8-18-10)20-16-15-12(9-19-16)3-2-6-17-15;;/h3-10,13H,11-12H2,1-2H3,(H,23,24);3-9,12H,10-11H2,1-2H3,(H,23,24);8-10,12,14H,1-7,11,13H2,(H,21,23);2,5-9,11,13H,1,3-4,10,12H2,(H,21,23);2-7H,8-9H2,1H3,(H,19,20);2*1H4. The van der Waals surface area contributed by atoms with Crippen LogP contribution in [-0.4, -0.2) is 95.5 Å². The molecule has 15 heterocycles. The predicted octanol–water partition coefficient (Wildman–Crippen LogP) is 20.9. The van der Waals surface area contributed by atoms with Gasteiger partial charge in [-0.2, -0.15) is 20.4 Å². The quantitative estimate of drug-likeness (QED) is 0.0718. The first-order chi connectivity index (χ1) is 59.9. The van der Waals surface area contributed by atoms with Gasteiger partial charge in [-0.15, -0.1) is 0 Å². The second-order valence-electron chi connectivity index (χ2n) is 33.1. The van der Waals surface area contributed by atoms with Crippen LogP contribution < -0.4 is 26.6 Å². The number of furan rings is 2. The van der Waals surface area contributed by atoms with Crippen molar-refractivity contribution in [1.29, 1.82) is 0 Å². The number of rotatable bonds is 13. The SMILES string of the molecule is C.C.CC1=NCc2ccc(NC3=NCc4cccnc43)cc21.Cc1cc(Cn2nc(C)c3cc(NC4=NCc5ccccc54)ccc32)co1.Cc1cc(Cn2nc(C)c3cc(NC4=NCc5ncccc54)ccc32)co1.c1cc2c(cnn2CC2CCC2)cc1NC1=NCC2=C1CCCC2.c1cnc2c(c1)CN=C2Nc1ccc2c(cnn2CC2CCC2)c1. The lowest BCUT2D eigenvalue weighted by atomic mass is 9.85. The largest absolute Gasteiger partial charge is 0.469 e. The predicted molar refractivity (Wildman–Crippen MR) is 500 cm³/mol. The van der Waals surface area contributed by atoms with Gasteiger partial charge in [0.25, 0.3) is 0 Å². The van der Waals surface area contributed by atoms with Gasteiger partial charge < -0.3 is 35.4 Å². The van der Waals surface area contributed by atoms with E-state index in [1.165, 1.54) is 125 Å². The Balaban J connectivity index is 0.000000105. The highest BCUT2D eigenvalue weighted by atomic mass is 16.3. The number of nitrogens with one attached hydrogen (secondary N) is 5. The van der Waals surface area contributed by atoms with E-state index in [-0.39, 0.29) is 14.9 Å². The number of pyridine rings is 3. The lowest BCUT2D eigenvalue weighted by molar-refractivity contribution is 0.270. The van der Waals surface area contributed by atoms with Crippen LogP contribution in [0.4, 0.5) is 28.4 Å². The normalized spacial score (nSPS) is 15.5. The molecule has 0 unspecified atom stereocenters. The zero-order chi connectivity index (χ0) is 82.2. The molecular weight excluding hydrogens is 1540 g/mol. The minimum absolute atomic E-state index is 0. The fraction of sp³-hybridized carbons (Fsp3) is 0.290. The van der Waals surface area contributed by atoms with E-state index in [0.717, 1.165) is 186 Å². The van der Waals surface area contributed by atoms with Gasteiger partial charge in [-0.05, 0) is 241 Å². The smallest absolute Gasteiger partial charge is 0.152 e. The lowest BCUT2D eigenvalue weighted by Gasteiger charge is -2.25. The van der Waals surface area contributed by atoms with E-state index in [1.54, 1.807) is 24.3 Å². The average molecular weight is 1650 g/mol. The minimum Gasteiger partial charge on any atom is -0.469 e. The highest BCUT2D eigenvalue weighted by molar-refractivity contribution is 6.14. The third-order valence-corrected chi connectivity index (χ3v) is 24.6. The van der Waals surface area contributed by atoms with Crippen LogP contribution in [0.5, 0.6) is 0 Å². The molecule has 3 aliphatic carbocycles. The summed E-state index contributed by atoms with van der Waals surface area (Å²) < 4.78 is 19.2. The van der Waals surface area contributed by atoms with Crippen LogP contribution in [0.15, 0.2) is 257 Å². The van der Waals surface area contributed by atoms with Crippen molar-refractivity contribution in [3.63, 3.8) is 0 Å². The maximum Gasteiger partial charge on any atom is 0.152 e. The highest BCUT2D eigenvalue weighted by Gasteiger charge is 2.27. The second-order valence-corrected chi connectivity index (χ2v) is 33.1. The van der Waals surface area contributed by atoms with Crippen LogP contribution >= 0.6 is 0 Å². The van der Waals surface area contributed by atoms with Gasteiger partial charge in [0.05, 0.1) is 116 Å². The molecule has 24 nitrogen and oxygen atoms in total. The first-order valence-electron chi connectivity index (χ1n) is 42.7. The van der Waals surface area contributed by atoms with Gasteiger partial charge in [0.1, 0.15) is 40.4 Å². The van der Waals surface area contributed by atoms with Crippen LogP contribution in [0, 0.1) is 39.5 Å². The van der Waals surface area contributed by atoms with E-state index >= 15 is 0 Å². The van der Waals surface area contributed by atoms with E-state index in [1.807, 2.05) is 86.1 Å².